The standard InChI is InChI=1S/C14H19ClN2O3S/c1-17(2)21(19,20)7-6-14(18)16-13-9-12(13)10-4-3-5-11(15)8-10/h3-5,8,12-13H,6-7,9H2,1-2H3,(H,16,18)/t12-,13+/m1/s1. The number of carbonyl (C=O) groups excluding carboxylic acids is 1. The molecule has 0 aromatic heterocycles. The van der Waals surface area contributed by atoms with Crippen molar-refractivity contribution in [2.24, 2.45) is 0 Å². The molecule has 1 aliphatic carbocycles. The van der Waals surface area contributed by atoms with Crippen molar-refractivity contribution < 1.29 is 13.2 Å². The minimum atomic E-state index is -3.32. The van der Waals surface area contributed by atoms with Crippen LogP contribution in [0.4, 0.5) is 0 Å². The third-order valence-corrected chi connectivity index (χ3v) is 5.62. The van der Waals surface area contributed by atoms with Crippen molar-refractivity contribution in [1.29, 1.82) is 0 Å². The number of halogens is 1. The van der Waals surface area contributed by atoms with Gasteiger partial charge in [-0.1, -0.05) is 23.7 Å². The van der Waals surface area contributed by atoms with Crippen LogP contribution in [-0.4, -0.2) is 44.5 Å². The van der Waals surface area contributed by atoms with Crippen molar-refractivity contribution in [2.45, 2.75) is 24.8 Å². The third-order valence-electron chi connectivity index (χ3n) is 3.56. The average Bonchev–Trinajstić information content (AvgIpc) is 3.15. The quantitative estimate of drug-likeness (QED) is 0.861. The molecule has 0 unspecified atom stereocenters. The molecule has 5 nitrogen and oxygen atoms in total. The Morgan fingerprint density at radius 2 is 2.14 bits per heavy atom. The third kappa shape index (κ3) is 4.43. The van der Waals surface area contributed by atoms with E-state index in [4.69, 9.17) is 11.6 Å². The van der Waals surface area contributed by atoms with Gasteiger partial charge in [0.1, 0.15) is 0 Å². The fraction of sp³-hybridized carbons (Fsp3) is 0.500. The molecule has 1 N–H and O–H groups in total. The largest absolute Gasteiger partial charge is 0.353 e. The Labute approximate surface area is 130 Å². The molecule has 1 fully saturated rings. The number of rotatable bonds is 6. The predicted molar refractivity (Wildman–Crippen MR) is 82.8 cm³/mol. The smallest absolute Gasteiger partial charge is 0.221 e. The molecule has 21 heavy (non-hydrogen) atoms. The number of benzene rings is 1. The van der Waals surface area contributed by atoms with E-state index in [-0.39, 0.29) is 30.0 Å². The first-order valence-corrected chi connectivity index (χ1v) is 8.73. The van der Waals surface area contributed by atoms with Crippen LogP contribution in [-0.2, 0) is 14.8 Å². The summed E-state index contributed by atoms with van der Waals surface area (Å²) in [6.07, 6.45) is 0.853. The molecule has 0 heterocycles. The SMILES string of the molecule is CN(C)S(=O)(=O)CCC(=O)N[C@H]1C[C@@H]1c1cccc(Cl)c1. The Bertz CT molecular complexity index is 631. The predicted octanol–water partition coefficient (Wildman–Crippen LogP) is 1.59. The lowest BCUT2D eigenvalue weighted by Gasteiger charge is -2.11. The molecule has 1 amide bonds. The lowest BCUT2D eigenvalue weighted by Crippen LogP contribution is -2.31. The van der Waals surface area contributed by atoms with Crippen LogP contribution < -0.4 is 5.32 Å². The van der Waals surface area contributed by atoms with E-state index in [0.717, 1.165) is 16.3 Å². The second kappa shape index (κ2) is 6.34. The number of hydrogen-bond acceptors (Lipinski definition) is 3. The minimum absolute atomic E-state index is 0.0146. The molecule has 0 spiro atoms. The number of nitrogens with zero attached hydrogens (tertiary/aromatic N) is 1. The van der Waals surface area contributed by atoms with Gasteiger partial charge in [-0.25, -0.2) is 12.7 Å². The second-order valence-electron chi connectivity index (χ2n) is 5.42. The number of sulfonamides is 1. The van der Waals surface area contributed by atoms with Crippen LogP contribution in [0.25, 0.3) is 0 Å². The van der Waals surface area contributed by atoms with Crippen LogP contribution in [0.1, 0.15) is 24.3 Å². The highest BCUT2D eigenvalue weighted by Crippen LogP contribution is 2.41. The number of nitrogens with one attached hydrogen (secondary N) is 1. The monoisotopic (exact) mass is 330 g/mol. The molecule has 1 aromatic carbocycles. The second-order valence-corrected chi connectivity index (χ2v) is 8.16. The first kappa shape index (κ1) is 16.3. The Morgan fingerprint density at radius 1 is 1.43 bits per heavy atom. The van der Waals surface area contributed by atoms with E-state index >= 15 is 0 Å². The van der Waals surface area contributed by atoms with Gasteiger partial charge in [-0.3, -0.25) is 4.79 Å². The molecule has 7 heteroatoms. The summed E-state index contributed by atoms with van der Waals surface area (Å²) in [5, 5.41) is 3.55. The molecular formula is C14H19ClN2O3S. The van der Waals surface area contributed by atoms with Gasteiger partial charge in [-0.05, 0) is 24.1 Å². The first-order chi connectivity index (χ1) is 9.79. The molecule has 116 valence electrons. The highest BCUT2D eigenvalue weighted by atomic mass is 35.5. The molecule has 0 bridgehead atoms. The van der Waals surface area contributed by atoms with Crippen molar-refractivity contribution in [3.05, 3.63) is 34.9 Å². The summed E-state index contributed by atoms with van der Waals surface area (Å²) in [7, 11) is -0.402. The van der Waals surface area contributed by atoms with Gasteiger partial charge >= 0.3 is 0 Å². The van der Waals surface area contributed by atoms with Gasteiger partial charge in [0.05, 0.1) is 5.75 Å². The van der Waals surface area contributed by atoms with Crippen LogP contribution in [0, 0.1) is 0 Å². The summed E-state index contributed by atoms with van der Waals surface area (Å²) < 4.78 is 24.3. The van der Waals surface area contributed by atoms with Gasteiger partial charge in [0.2, 0.25) is 15.9 Å². The number of amides is 1. The van der Waals surface area contributed by atoms with Gasteiger partial charge in [0.15, 0.2) is 0 Å². The summed E-state index contributed by atoms with van der Waals surface area (Å²) in [5.74, 6) is -0.117. The average molecular weight is 331 g/mol. The molecule has 0 radical (unpaired) electrons. The van der Waals surface area contributed by atoms with Crippen LogP contribution in [0.2, 0.25) is 5.02 Å². The van der Waals surface area contributed by atoms with E-state index in [1.165, 1.54) is 14.1 Å². The zero-order chi connectivity index (χ0) is 15.6. The van der Waals surface area contributed by atoms with Crippen LogP contribution in [0.15, 0.2) is 24.3 Å². The van der Waals surface area contributed by atoms with Gasteiger partial charge in [-0.15, -0.1) is 0 Å². The summed E-state index contributed by atoms with van der Waals surface area (Å²) in [4.78, 5) is 11.8. The Balaban J connectivity index is 1.81. The zero-order valence-electron chi connectivity index (χ0n) is 12.0. The van der Waals surface area contributed by atoms with Crippen molar-refractivity contribution in [3.8, 4) is 0 Å². The van der Waals surface area contributed by atoms with E-state index in [9.17, 15) is 13.2 Å². The van der Waals surface area contributed by atoms with Gasteiger partial charge in [-0.2, -0.15) is 0 Å². The Morgan fingerprint density at radius 3 is 2.76 bits per heavy atom. The Hall–Kier alpha value is -1.11. The van der Waals surface area contributed by atoms with Crippen molar-refractivity contribution in [2.75, 3.05) is 19.8 Å². The van der Waals surface area contributed by atoms with E-state index in [0.29, 0.717) is 5.02 Å². The first-order valence-electron chi connectivity index (χ1n) is 6.74. The van der Waals surface area contributed by atoms with Gasteiger partial charge in [0.25, 0.3) is 0 Å². The van der Waals surface area contributed by atoms with E-state index in [2.05, 4.69) is 5.32 Å². The number of hydrogen-bond donors (Lipinski definition) is 1. The van der Waals surface area contributed by atoms with Gasteiger partial charge in [0, 0.05) is 37.5 Å². The van der Waals surface area contributed by atoms with Crippen molar-refractivity contribution >= 4 is 27.5 Å². The summed E-state index contributed by atoms with van der Waals surface area (Å²) in [6, 6.07) is 7.66. The molecule has 0 saturated heterocycles. The maximum Gasteiger partial charge on any atom is 0.221 e. The fourth-order valence-electron chi connectivity index (χ4n) is 2.14. The van der Waals surface area contributed by atoms with E-state index in [1.54, 1.807) is 0 Å². The Kier molecular flexibility index (Phi) is 4.91. The number of carbonyl (C=O) groups is 1. The molecule has 1 aromatic rings. The van der Waals surface area contributed by atoms with Crippen LogP contribution >= 0.6 is 11.6 Å². The molecule has 2 atom stereocenters. The lowest BCUT2D eigenvalue weighted by molar-refractivity contribution is -0.120. The summed E-state index contributed by atoms with van der Waals surface area (Å²) in [6.45, 7) is 0. The van der Waals surface area contributed by atoms with Crippen LogP contribution in [0.3, 0.4) is 0 Å². The molecule has 1 aliphatic rings. The van der Waals surface area contributed by atoms with Gasteiger partial charge < -0.3 is 5.32 Å². The minimum Gasteiger partial charge on any atom is -0.353 e. The van der Waals surface area contributed by atoms with E-state index < -0.39 is 10.0 Å². The lowest BCUT2D eigenvalue weighted by atomic mass is 10.1. The molecule has 1 saturated carbocycles. The maximum atomic E-state index is 11.8. The maximum absolute atomic E-state index is 11.8. The highest BCUT2D eigenvalue weighted by Gasteiger charge is 2.39. The van der Waals surface area contributed by atoms with Crippen molar-refractivity contribution in [3.63, 3.8) is 0 Å². The normalized spacial score (nSPS) is 21.3. The van der Waals surface area contributed by atoms with E-state index in [1.807, 2.05) is 24.3 Å². The van der Waals surface area contributed by atoms with Crippen LogP contribution in [0.5, 0.6) is 0 Å². The highest BCUT2D eigenvalue weighted by molar-refractivity contribution is 7.89. The summed E-state index contributed by atoms with van der Waals surface area (Å²) in [5.41, 5.74) is 1.11. The fourth-order valence-corrected chi connectivity index (χ4v) is 3.15. The zero-order valence-corrected chi connectivity index (χ0v) is 13.6. The topological polar surface area (TPSA) is 66.5 Å². The van der Waals surface area contributed by atoms with Crippen molar-refractivity contribution in [1.82, 2.24) is 9.62 Å². The summed E-state index contributed by atoms with van der Waals surface area (Å²) >= 11 is 5.94. The molecule has 2 rings (SSSR count). The molecule has 0 aliphatic heterocycles. The molecular weight excluding hydrogens is 312 g/mol.